The minimum atomic E-state index is -4.29. The highest BCUT2D eigenvalue weighted by Crippen LogP contribution is 2.31. The molecule has 0 aliphatic heterocycles. The van der Waals surface area contributed by atoms with Crippen LogP contribution in [-0.4, -0.2) is 32.4 Å². The van der Waals surface area contributed by atoms with E-state index in [9.17, 15) is 23.3 Å². The molecule has 0 atom stereocenters. The van der Waals surface area contributed by atoms with Gasteiger partial charge in [0.15, 0.2) is 0 Å². The van der Waals surface area contributed by atoms with Crippen LogP contribution in [0.3, 0.4) is 0 Å². The van der Waals surface area contributed by atoms with Crippen LogP contribution < -0.4 is 14.4 Å². The van der Waals surface area contributed by atoms with Crippen LogP contribution in [0.1, 0.15) is 6.92 Å². The maximum absolute atomic E-state index is 13.9. The normalized spacial score (nSPS) is 11.1. The summed E-state index contributed by atoms with van der Waals surface area (Å²) < 4.78 is 34.1. The first-order valence-corrected chi connectivity index (χ1v) is 12.5. The fourth-order valence-electron chi connectivity index (χ4n) is 3.75. The van der Waals surface area contributed by atoms with Gasteiger partial charge in [0.2, 0.25) is 5.91 Å². The number of sulfonamides is 1. The Kier molecular flexibility index (Phi) is 7.16. The summed E-state index contributed by atoms with van der Waals surface area (Å²) in [4.78, 5) is 23.7. The number of benzene rings is 4. The second kappa shape index (κ2) is 10.4. The quantitative estimate of drug-likeness (QED) is 0.253. The summed E-state index contributed by atoms with van der Waals surface area (Å²) in [5.41, 5.74) is 0.154. The molecule has 4 rings (SSSR count). The summed E-state index contributed by atoms with van der Waals surface area (Å²) in [6.45, 7) is 1.75. The van der Waals surface area contributed by atoms with Crippen molar-refractivity contribution >= 4 is 43.8 Å². The third-order valence-corrected chi connectivity index (χ3v) is 7.21. The third kappa shape index (κ3) is 5.28. The Hall–Kier alpha value is -4.44. The van der Waals surface area contributed by atoms with Crippen LogP contribution in [0.15, 0.2) is 95.9 Å². The first-order valence-electron chi connectivity index (χ1n) is 11.1. The highest BCUT2D eigenvalue weighted by atomic mass is 32.2. The summed E-state index contributed by atoms with van der Waals surface area (Å²) in [5, 5.41) is 15.2. The molecule has 0 radical (unpaired) electrons. The van der Waals surface area contributed by atoms with Gasteiger partial charge in [0.05, 0.1) is 22.1 Å². The maximum Gasteiger partial charge on any atom is 0.271 e. The summed E-state index contributed by atoms with van der Waals surface area (Å²) in [5.74, 6) is 0.0155. The zero-order valence-corrected chi connectivity index (χ0v) is 20.1. The number of ether oxygens (including phenoxy) is 1. The van der Waals surface area contributed by atoms with Crippen LogP contribution in [0.2, 0.25) is 0 Å². The molecule has 0 saturated heterocycles. The van der Waals surface area contributed by atoms with Crippen molar-refractivity contribution in [3.63, 3.8) is 0 Å². The van der Waals surface area contributed by atoms with Crippen molar-refractivity contribution in [2.45, 2.75) is 11.8 Å². The summed E-state index contributed by atoms with van der Waals surface area (Å²) >= 11 is 0. The van der Waals surface area contributed by atoms with Gasteiger partial charge in [-0.1, -0.05) is 42.5 Å². The number of non-ortho nitro benzene ring substituents is 1. The first-order chi connectivity index (χ1) is 17.3. The molecule has 10 heteroatoms. The number of carbonyl (C=O) groups is 1. The van der Waals surface area contributed by atoms with Crippen molar-refractivity contribution in [1.82, 2.24) is 0 Å². The predicted molar refractivity (Wildman–Crippen MR) is 138 cm³/mol. The molecule has 4 aromatic carbocycles. The van der Waals surface area contributed by atoms with Crippen LogP contribution in [0.25, 0.3) is 10.8 Å². The molecule has 1 amide bonds. The summed E-state index contributed by atoms with van der Waals surface area (Å²) in [6.07, 6.45) is 0. The van der Waals surface area contributed by atoms with E-state index in [1.54, 1.807) is 60.7 Å². The summed E-state index contributed by atoms with van der Waals surface area (Å²) in [6, 6.07) is 23.6. The molecule has 0 unspecified atom stereocenters. The third-order valence-electron chi connectivity index (χ3n) is 5.38. The molecule has 0 aromatic heterocycles. The number of nitrogens with one attached hydrogen (secondary N) is 1. The van der Waals surface area contributed by atoms with Gasteiger partial charge in [-0.2, -0.15) is 0 Å². The Morgan fingerprint density at radius 1 is 0.972 bits per heavy atom. The molecule has 0 spiro atoms. The van der Waals surface area contributed by atoms with Crippen molar-refractivity contribution in [3.05, 3.63) is 101 Å². The number of nitrogens with zero attached hydrogens (tertiary/aromatic N) is 2. The van der Waals surface area contributed by atoms with E-state index in [0.717, 1.165) is 10.4 Å². The molecule has 0 aliphatic rings. The minimum absolute atomic E-state index is 0.000946. The number of hydrogen-bond acceptors (Lipinski definition) is 6. The van der Waals surface area contributed by atoms with Crippen LogP contribution in [0.4, 0.5) is 17.1 Å². The molecular formula is C26H23N3O6S. The Bertz CT molecular complexity index is 1520. The Morgan fingerprint density at radius 2 is 1.67 bits per heavy atom. The van der Waals surface area contributed by atoms with Crippen molar-refractivity contribution in [2.24, 2.45) is 0 Å². The Labute approximate surface area is 208 Å². The van der Waals surface area contributed by atoms with Gasteiger partial charge < -0.3 is 10.1 Å². The molecule has 184 valence electrons. The molecule has 0 fully saturated rings. The topological polar surface area (TPSA) is 119 Å². The lowest BCUT2D eigenvalue weighted by atomic mass is 10.1. The van der Waals surface area contributed by atoms with E-state index >= 15 is 0 Å². The predicted octanol–water partition coefficient (Wildman–Crippen LogP) is 4.98. The van der Waals surface area contributed by atoms with Crippen LogP contribution in [0, 0.1) is 10.1 Å². The van der Waals surface area contributed by atoms with Gasteiger partial charge >= 0.3 is 0 Å². The fourth-order valence-corrected chi connectivity index (χ4v) is 5.38. The molecule has 9 nitrogen and oxygen atoms in total. The van der Waals surface area contributed by atoms with E-state index in [1.165, 1.54) is 24.3 Å². The van der Waals surface area contributed by atoms with E-state index in [-0.39, 0.29) is 16.3 Å². The number of hydrogen-bond donors (Lipinski definition) is 1. The van der Waals surface area contributed by atoms with Crippen molar-refractivity contribution in [3.8, 4) is 5.75 Å². The number of nitro benzene ring substituents is 1. The van der Waals surface area contributed by atoms with Crippen LogP contribution >= 0.6 is 0 Å². The highest BCUT2D eigenvalue weighted by molar-refractivity contribution is 7.93. The zero-order chi connectivity index (χ0) is 25.7. The van der Waals surface area contributed by atoms with Gasteiger partial charge in [0, 0.05) is 23.2 Å². The Balaban J connectivity index is 1.73. The molecule has 0 saturated carbocycles. The first kappa shape index (κ1) is 24.7. The van der Waals surface area contributed by atoms with Crippen LogP contribution in [0.5, 0.6) is 5.75 Å². The average molecular weight is 506 g/mol. The Morgan fingerprint density at radius 3 is 2.39 bits per heavy atom. The van der Waals surface area contributed by atoms with Crippen molar-refractivity contribution in [1.29, 1.82) is 0 Å². The molecule has 0 bridgehead atoms. The largest absolute Gasteiger partial charge is 0.494 e. The standard InChI is InChI=1S/C26H23N3O6S/c1-2-35-23-15-13-20(14-16-23)27-26(30)18-28(21-9-6-10-22(17-21)29(31)32)36(33,34)25-12-5-8-19-7-3-4-11-24(19)25/h3-17H,2,18H2,1H3,(H,27,30). The lowest BCUT2D eigenvalue weighted by molar-refractivity contribution is -0.384. The van der Waals surface area contributed by atoms with Gasteiger partial charge in [-0.25, -0.2) is 8.42 Å². The lowest BCUT2D eigenvalue weighted by Crippen LogP contribution is -2.38. The van der Waals surface area contributed by atoms with E-state index in [4.69, 9.17) is 4.74 Å². The van der Waals surface area contributed by atoms with Crippen LogP contribution in [-0.2, 0) is 14.8 Å². The number of rotatable bonds is 9. The monoisotopic (exact) mass is 505 g/mol. The van der Waals surface area contributed by atoms with Gasteiger partial charge in [-0.15, -0.1) is 0 Å². The van der Waals surface area contributed by atoms with E-state index in [1.807, 2.05) is 6.92 Å². The SMILES string of the molecule is CCOc1ccc(NC(=O)CN(c2cccc([N+](=O)[O-])c2)S(=O)(=O)c2cccc3ccccc23)cc1. The highest BCUT2D eigenvalue weighted by Gasteiger charge is 2.29. The molecule has 36 heavy (non-hydrogen) atoms. The average Bonchev–Trinajstić information content (AvgIpc) is 2.88. The van der Waals surface area contributed by atoms with E-state index < -0.39 is 27.4 Å². The second-order valence-corrected chi connectivity index (χ2v) is 9.60. The smallest absolute Gasteiger partial charge is 0.271 e. The number of nitro groups is 1. The number of fused-ring (bicyclic) bond motifs is 1. The van der Waals surface area contributed by atoms with Gasteiger partial charge in [0.25, 0.3) is 15.7 Å². The van der Waals surface area contributed by atoms with Gasteiger partial charge in [-0.3, -0.25) is 19.2 Å². The second-order valence-electron chi connectivity index (χ2n) is 7.77. The lowest BCUT2D eigenvalue weighted by Gasteiger charge is -2.24. The molecule has 0 heterocycles. The maximum atomic E-state index is 13.9. The molecule has 4 aromatic rings. The molecular weight excluding hydrogens is 482 g/mol. The van der Waals surface area contributed by atoms with E-state index in [0.29, 0.717) is 28.8 Å². The van der Waals surface area contributed by atoms with Gasteiger partial charge in [0.1, 0.15) is 12.3 Å². The molecule has 0 aliphatic carbocycles. The number of amides is 1. The minimum Gasteiger partial charge on any atom is -0.494 e. The number of anilines is 2. The number of carbonyl (C=O) groups excluding carboxylic acids is 1. The summed E-state index contributed by atoms with van der Waals surface area (Å²) in [7, 11) is -4.29. The van der Waals surface area contributed by atoms with Gasteiger partial charge in [-0.05, 0) is 48.7 Å². The van der Waals surface area contributed by atoms with Crippen molar-refractivity contribution < 1.29 is 22.9 Å². The van der Waals surface area contributed by atoms with Crippen molar-refractivity contribution in [2.75, 3.05) is 22.8 Å². The fraction of sp³-hybridized carbons (Fsp3) is 0.115. The zero-order valence-electron chi connectivity index (χ0n) is 19.3. The molecule has 1 N–H and O–H groups in total. The van der Waals surface area contributed by atoms with E-state index in [2.05, 4.69) is 5.32 Å².